The molecule has 1 amide bonds. The Balaban J connectivity index is 1.49. The van der Waals surface area contributed by atoms with Crippen LogP contribution in [0.3, 0.4) is 0 Å². The minimum atomic E-state index is -3.90. The highest BCUT2D eigenvalue weighted by Crippen LogP contribution is 2.37. The molecule has 1 atom stereocenters. The van der Waals surface area contributed by atoms with E-state index < -0.39 is 22.0 Å². The van der Waals surface area contributed by atoms with Crippen molar-refractivity contribution >= 4 is 33.2 Å². The number of hydrogen-bond donors (Lipinski definition) is 1. The van der Waals surface area contributed by atoms with Gasteiger partial charge in [0.2, 0.25) is 0 Å². The Morgan fingerprint density at radius 1 is 1.06 bits per heavy atom. The van der Waals surface area contributed by atoms with Gasteiger partial charge >= 0.3 is 0 Å². The Hall–Kier alpha value is -3.23. The Labute approximate surface area is 204 Å². The highest BCUT2D eigenvalue weighted by molar-refractivity contribution is 7.92. The highest BCUT2D eigenvalue weighted by atomic mass is 35.5. The summed E-state index contributed by atoms with van der Waals surface area (Å²) < 4.78 is 39.7. The van der Waals surface area contributed by atoms with Crippen molar-refractivity contribution in [1.82, 2.24) is 5.32 Å². The van der Waals surface area contributed by atoms with Crippen LogP contribution >= 0.6 is 11.6 Å². The average Bonchev–Trinajstić information content (AvgIpc) is 2.82. The highest BCUT2D eigenvalue weighted by Gasteiger charge is 2.37. The Morgan fingerprint density at radius 2 is 1.74 bits per heavy atom. The molecule has 1 aliphatic heterocycles. The van der Waals surface area contributed by atoms with Crippen LogP contribution in [-0.2, 0) is 14.8 Å². The standard InChI is InChI=1S/C25H25ClN2O5S/c1-17-3-10-21(11-4-17)34(30,31)28-16-24(33-23-12-5-18(2)15-22(23)28)25(29)27-13-14-32-20-8-6-19(26)7-9-20/h3-12,15,24H,13-14,16H2,1-2H3,(H,27,29)/t24-/m0/s1. The molecule has 0 radical (unpaired) electrons. The van der Waals surface area contributed by atoms with Crippen LogP contribution in [0.15, 0.2) is 71.6 Å². The summed E-state index contributed by atoms with van der Waals surface area (Å²) in [7, 11) is -3.90. The number of amides is 1. The van der Waals surface area contributed by atoms with Crippen molar-refractivity contribution in [1.29, 1.82) is 0 Å². The average molecular weight is 501 g/mol. The lowest BCUT2D eigenvalue weighted by atomic mass is 10.1. The normalized spacial score (nSPS) is 15.3. The van der Waals surface area contributed by atoms with E-state index in [1.165, 1.54) is 4.31 Å². The van der Waals surface area contributed by atoms with Crippen LogP contribution in [0, 0.1) is 13.8 Å². The van der Waals surface area contributed by atoms with Gasteiger partial charge in [-0.3, -0.25) is 9.10 Å². The zero-order valence-corrected chi connectivity index (χ0v) is 20.4. The summed E-state index contributed by atoms with van der Waals surface area (Å²) in [5.74, 6) is 0.548. The molecule has 0 saturated heterocycles. The third-order valence-corrected chi connectivity index (χ3v) is 7.41. The summed E-state index contributed by atoms with van der Waals surface area (Å²) in [4.78, 5) is 13.0. The molecule has 3 aromatic rings. The van der Waals surface area contributed by atoms with Crippen LogP contribution in [0.5, 0.6) is 11.5 Å². The van der Waals surface area contributed by atoms with Gasteiger partial charge in [0.05, 0.1) is 23.7 Å². The van der Waals surface area contributed by atoms with E-state index >= 15 is 0 Å². The Bertz CT molecular complexity index is 1280. The SMILES string of the molecule is Cc1ccc(S(=O)(=O)N2C[C@@H](C(=O)NCCOc3ccc(Cl)cc3)Oc3ccc(C)cc32)cc1. The van der Waals surface area contributed by atoms with E-state index in [0.717, 1.165) is 11.1 Å². The molecule has 4 rings (SSSR count). The topological polar surface area (TPSA) is 84.9 Å². The maximum Gasteiger partial charge on any atom is 0.264 e. The third-order valence-electron chi connectivity index (χ3n) is 5.37. The maximum atomic E-state index is 13.5. The molecule has 1 heterocycles. The minimum Gasteiger partial charge on any atom is -0.492 e. The first-order valence-corrected chi connectivity index (χ1v) is 12.6. The van der Waals surface area contributed by atoms with E-state index in [0.29, 0.717) is 22.2 Å². The van der Waals surface area contributed by atoms with Gasteiger partial charge in [-0.05, 0) is 67.9 Å². The molecular weight excluding hydrogens is 476 g/mol. The molecule has 34 heavy (non-hydrogen) atoms. The molecule has 0 aromatic heterocycles. The smallest absolute Gasteiger partial charge is 0.264 e. The summed E-state index contributed by atoms with van der Waals surface area (Å²) in [5, 5.41) is 3.37. The van der Waals surface area contributed by atoms with E-state index in [2.05, 4.69) is 5.32 Å². The molecule has 0 saturated carbocycles. The van der Waals surface area contributed by atoms with E-state index in [-0.39, 0.29) is 24.6 Å². The second-order valence-electron chi connectivity index (χ2n) is 8.02. The molecule has 1 N–H and O–H groups in total. The second-order valence-corrected chi connectivity index (χ2v) is 10.3. The number of fused-ring (bicyclic) bond motifs is 1. The summed E-state index contributed by atoms with van der Waals surface area (Å²) in [5.41, 5.74) is 2.25. The van der Waals surface area contributed by atoms with E-state index in [1.807, 2.05) is 19.9 Å². The number of nitrogens with zero attached hydrogens (tertiary/aromatic N) is 1. The predicted molar refractivity (Wildman–Crippen MR) is 131 cm³/mol. The number of ether oxygens (including phenoxy) is 2. The lowest BCUT2D eigenvalue weighted by molar-refractivity contribution is -0.127. The predicted octanol–water partition coefficient (Wildman–Crippen LogP) is 4.11. The van der Waals surface area contributed by atoms with Crippen molar-refractivity contribution in [3.63, 3.8) is 0 Å². The Morgan fingerprint density at radius 3 is 2.44 bits per heavy atom. The number of aryl methyl sites for hydroxylation is 2. The van der Waals surface area contributed by atoms with E-state index in [1.54, 1.807) is 60.7 Å². The number of carbonyl (C=O) groups excluding carboxylic acids is 1. The largest absolute Gasteiger partial charge is 0.492 e. The van der Waals surface area contributed by atoms with Gasteiger partial charge in [-0.1, -0.05) is 35.4 Å². The van der Waals surface area contributed by atoms with Crippen LogP contribution < -0.4 is 19.1 Å². The number of carbonyl (C=O) groups is 1. The zero-order valence-electron chi connectivity index (χ0n) is 18.8. The molecule has 0 bridgehead atoms. The van der Waals surface area contributed by atoms with Gasteiger partial charge in [-0.15, -0.1) is 0 Å². The fourth-order valence-corrected chi connectivity index (χ4v) is 5.14. The number of halogens is 1. The molecule has 3 aromatic carbocycles. The quantitative estimate of drug-likeness (QED) is 0.493. The van der Waals surface area contributed by atoms with E-state index in [9.17, 15) is 13.2 Å². The van der Waals surface area contributed by atoms with Gasteiger partial charge in [0.15, 0.2) is 6.10 Å². The first kappa shape index (κ1) is 23.9. The van der Waals surface area contributed by atoms with Crippen molar-refractivity contribution in [2.24, 2.45) is 0 Å². The molecule has 7 nitrogen and oxygen atoms in total. The van der Waals surface area contributed by atoms with Gasteiger partial charge in [0.25, 0.3) is 15.9 Å². The minimum absolute atomic E-state index is 0.142. The van der Waals surface area contributed by atoms with Crippen molar-refractivity contribution in [2.45, 2.75) is 24.8 Å². The number of anilines is 1. The van der Waals surface area contributed by atoms with Crippen LogP contribution in [0.1, 0.15) is 11.1 Å². The second kappa shape index (κ2) is 9.95. The molecule has 178 valence electrons. The summed E-state index contributed by atoms with van der Waals surface area (Å²) >= 11 is 5.86. The Kier molecular flexibility index (Phi) is 7.00. The van der Waals surface area contributed by atoms with Crippen LogP contribution in [0.25, 0.3) is 0 Å². The third kappa shape index (κ3) is 5.29. The number of rotatable bonds is 7. The number of sulfonamides is 1. The monoisotopic (exact) mass is 500 g/mol. The maximum absolute atomic E-state index is 13.5. The van der Waals surface area contributed by atoms with Gasteiger partial charge in [0.1, 0.15) is 18.1 Å². The first-order chi connectivity index (χ1) is 16.2. The van der Waals surface area contributed by atoms with Crippen molar-refractivity contribution in [3.8, 4) is 11.5 Å². The van der Waals surface area contributed by atoms with Crippen LogP contribution in [0.4, 0.5) is 5.69 Å². The van der Waals surface area contributed by atoms with Gasteiger partial charge in [0, 0.05) is 5.02 Å². The molecule has 0 aliphatic carbocycles. The molecule has 0 spiro atoms. The molecule has 1 aliphatic rings. The van der Waals surface area contributed by atoms with Crippen molar-refractivity contribution in [3.05, 3.63) is 82.9 Å². The molecule has 0 unspecified atom stereocenters. The fourth-order valence-electron chi connectivity index (χ4n) is 3.55. The fraction of sp³-hybridized carbons (Fsp3) is 0.240. The van der Waals surface area contributed by atoms with Gasteiger partial charge < -0.3 is 14.8 Å². The van der Waals surface area contributed by atoms with Crippen molar-refractivity contribution < 1.29 is 22.7 Å². The first-order valence-electron chi connectivity index (χ1n) is 10.8. The van der Waals surface area contributed by atoms with Crippen molar-refractivity contribution in [2.75, 3.05) is 24.0 Å². The zero-order chi connectivity index (χ0) is 24.3. The van der Waals surface area contributed by atoms with E-state index in [4.69, 9.17) is 21.1 Å². The number of benzene rings is 3. The molecular formula is C25H25ClN2O5S. The van der Waals surface area contributed by atoms with Gasteiger partial charge in [-0.25, -0.2) is 8.42 Å². The number of hydrogen-bond acceptors (Lipinski definition) is 5. The molecule has 0 fully saturated rings. The lowest BCUT2D eigenvalue weighted by Gasteiger charge is -2.35. The van der Waals surface area contributed by atoms with Crippen LogP contribution in [-0.4, -0.2) is 40.1 Å². The lowest BCUT2D eigenvalue weighted by Crippen LogP contribution is -2.51. The summed E-state index contributed by atoms with van der Waals surface area (Å²) in [6.45, 7) is 4.09. The number of nitrogens with one attached hydrogen (secondary N) is 1. The van der Waals surface area contributed by atoms with Gasteiger partial charge in [-0.2, -0.15) is 0 Å². The summed E-state index contributed by atoms with van der Waals surface area (Å²) in [6.07, 6.45) is -1.01. The van der Waals surface area contributed by atoms with Crippen LogP contribution in [0.2, 0.25) is 5.02 Å². The molecule has 9 heteroatoms. The summed E-state index contributed by atoms with van der Waals surface area (Å²) in [6, 6.07) is 18.8.